The van der Waals surface area contributed by atoms with E-state index in [-0.39, 0.29) is 5.82 Å². The van der Waals surface area contributed by atoms with Gasteiger partial charge in [-0.05, 0) is 11.6 Å². The molecule has 0 bridgehead atoms. The highest BCUT2D eigenvalue weighted by Crippen LogP contribution is 2.00. The number of pyridine rings is 1. The second-order valence-electron chi connectivity index (χ2n) is 2.92. The number of nitrogens with zero attached hydrogens (tertiary/aromatic N) is 2. The maximum atomic E-state index is 11.2. The van der Waals surface area contributed by atoms with Gasteiger partial charge in [0.05, 0.1) is 0 Å². The lowest BCUT2D eigenvalue weighted by Gasteiger charge is -1.99. The van der Waals surface area contributed by atoms with Gasteiger partial charge >= 0.3 is 11.4 Å². The average Bonchev–Trinajstić information content (AvgIpc) is 2.59. The molecule has 0 unspecified atom stereocenters. The van der Waals surface area contributed by atoms with Gasteiger partial charge in [0.15, 0.2) is 0 Å². The van der Waals surface area contributed by atoms with Gasteiger partial charge in [-0.2, -0.15) is 4.57 Å². The van der Waals surface area contributed by atoms with Crippen LogP contribution in [0.15, 0.2) is 27.9 Å². The fourth-order valence-electron chi connectivity index (χ4n) is 1.19. The van der Waals surface area contributed by atoms with E-state index in [0.29, 0.717) is 6.54 Å². The lowest BCUT2D eigenvalue weighted by atomic mass is 10.3. The molecule has 0 saturated heterocycles. The van der Waals surface area contributed by atoms with Gasteiger partial charge in [-0.25, -0.2) is 24.8 Å². The van der Waals surface area contributed by atoms with Crippen LogP contribution in [0.1, 0.15) is 5.56 Å². The number of H-pyrrole nitrogens is 2. The van der Waals surface area contributed by atoms with E-state index in [9.17, 15) is 9.59 Å². The highest BCUT2D eigenvalue weighted by atomic mass is 16.2. The monoisotopic (exact) mass is 207 g/mol. The van der Waals surface area contributed by atoms with E-state index in [4.69, 9.17) is 5.73 Å². The van der Waals surface area contributed by atoms with E-state index < -0.39 is 11.4 Å². The Kier molecular flexibility index (Phi) is 2.22. The number of aromatic nitrogens is 4. The van der Waals surface area contributed by atoms with Crippen LogP contribution in [0.2, 0.25) is 0 Å². The molecule has 15 heavy (non-hydrogen) atoms. The number of hydrogen-bond acceptors (Lipinski definition) is 4. The molecular weight excluding hydrogens is 198 g/mol. The van der Waals surface area contributed by atoms with Crippen LogP contribution in [0.5, 0.6) is 0 Å². The molecule has 0 aromatic carbocycles. The largest absolute Gasteiger partial charge is 0.350 e. The van der Waals surface area contributed by atoms with Crippen LogP contribution in [0.25, 0.3) is 5.82 Å². The van der Waals surface area contributed by atoms with Crippen molar-refractivity contribution in [1.82, 2.24) is 19.7 Å². The van der Waals surface area contributed by atoms with Crippen LogP contribution >= 0.6 is 0 Å². The summed E-state index contributed by atoms with van der Waals surface area (Å²) >= 11 is 0. The lowest BCUT2D eigenvalue weighted by molar-refractivity contribution is 0.900. The summed E-state index contributed by atoms with van der Waals surface area (Å²) in [7, 11) is 0. The van der Waals surface area contributed by atoms with Crippen LogP contribution in [0, 0.1) is 0 Å². The minimum Gasteiger partial charge on any atom is -0.326 e. The van der Waals surface area contributed by atoms with E-state index in [0.717, 1.165) is 10.1 Å². The normalized spacial score (nSPS) is 10.5. The van der Waals surface area contributed by atoms with Crippen LogP contribution in [-0.4, -0.2) is 19.7 Å². The van der Waals surface area contributed by atoms with Crippen molar-refractivity contribution < 1.29 is 0 Å². The highest BCUT2D eigenvalue weighted by molar-refractivity contribution is 5.24. The molecule has 2 aromatic heterocycles. The van der Waals surface area contributed by atoms with Crippen molar-refractivity contribution in [2.24, 2.45) is 5.73 Å². The second-order valence-corrected chi connectivity index (χ2v) is 2.92. The maximum absolute atomic E-state index is 11.2. The molecular formula is C8H9N5O2. The summed E-state index contributed by atoms with van der Waals surface area (Å²) in [5.74, 6) is 0.264. The number of hydrogen-bond donors (Lipinski definition) is 3. The minimum atomic E-state index is -0.548. The highest BCUT2D eigenvalue weighted by Gasteiger charge is 2.06. The summed E-state index contributed by atoms with van der Waals surface area (Å²) in [6.45, 7) is 0.367. The zero-order valence-corrected chi connectivity index (χ0v) is 7.73. The molecule has 0 atom stereocenters. The van der Waals surface area contributed by atoms with Crippen molar-refractivity contribution in [2.45, 2.75) is 6.54 Å². The minimum absolute atomic E-state index is 0.264. The molecule has 2 heterocycles. The third kappa shape index (κ3) is 1.59. The quantitative estimate of drug-likeness (QED) is 0.569. The zero-order valence-electron chi connectivity index (χ0n) is 7.73. The molecule has 2 rings (SSSR count). The molecule has 2 aromatic rings. The van der Waals surface area contributed by atoms with Crippen LogP contribution in [-0.2, 0) is 6.54 Å². The van der Waals surface area contributed by atoms with E-state index in [1.54, 1.807) is 12.1 Å². The smallest absolute Gasteiger partial charge is 0.326 e. The summed E-state index contributed by atoms with van der Waals surface area (Å²) in [5.41, 5.74) is 5.13. The van der Waals surface area contributed by atoms with Crippen molar-refractivity contribution in [2.75, 3.05) is 0 Å². The van der Waals surface area contributed by atoms with Crippen LogP contribution < -0.4 is 17.1 Å². The van der Waals surface area contributed by atoms with Gasteiger partial charge in [0, 0.05) is 12.7 Å². The Bertz CT molecular complexity index is 534. The van der Waals surface area contributed by atoms with Crippen molar-refractivity contribution in [3.05, 3.63) is 44.9 Å². The summed E-state index contributed by atoms with van der Waals surface area (Å²) in [5, 5.41) is 4.34. The van der Waals surface area contributed by atoms with E-state index >= 15 is 0 Å². The molecule has 0 aliphatic carbocycles. The Hall–Kier alpha value is -2.15. The molecule has 0 spiro atoms. The molecule has 0 aliphatic heterocycles. The first-order valence-electron chi connectivity index (χ1n) is 4.27. The fourth-order valence-corrected chi connectivity index (χ4v) is 1.19. The van der Waals surface area contributed by atoms with Gasteiger partial charge < -0.3 is 5.73 Å². The number of aromatic amines is 2. The maximum Gasteiger partial charge on any atom is 0.350 e. The fraction of sp³-hybridized carbons (Fsp3) is 0.125. The third-order valence-electron chi connectivity index (χ3n) is 1.96. The van der Waals surface area contributed by atoms with Gasteiger partial charge in [0.2, 0.25) is 0 Å². The molecule has 78 valence electrons. The van der Waals surface area contributed by atoms with Crippen molar-refractivity contribution in [3.63, 3.8) is 0 Å². The number of nitrogens with two attached hydrogens (primary N) is 1. The average molecular weight is 207 g/mol. The standard InChI is InChI=1S/C8H9N5O2/c9-3-5-1-2-6(10-4-5)13-7(14)11-12-8(13)15/h1-2,4H,3,9H2,(H,11,14)(H,12,15). The summed E-state index contributed by atoms with van der Waals surface area (Å²) < 4.78 is 0.903. The van der Waals surface area contributed by atoms with E-state index in [1.807, 2.05) is 0 Å². The molecule has 0 aliphatic rings. The predicted octanol–water partition coefficient (Wildman–Crippen LogP) is -1.29. The predicted molar refractivity (Wildman–Crippen MR) is 52.7 cm³/mol. The van der Waals surface area contributed by atoms with Gasteiger partial charge in [-0.3, -0.25) is 0 Å². The van der Waals surface area contributed by atoms with Gasteiger partial charge in [0.25, 0.3) is 0 Å². The molecule has 0 fully saturated rings. The molecule has 0 radical (unpaired) electrons. The first kappa shape index (κ1) is 9.41. The first-order chi connectivity index (χ1) is 7.22. The topological polar surface area (TPSA) is 110 Å². The summed E-state index contributed by atoms with van der Waals surface area (Å²) in [6, 6.07) is 3.27. The molecule has 7 heteroatoms. The van der Waals surface area contributed by atoms with Gasteiger partial charge in [-0.15, -0.1) is 0 Å². The first-order valence-corrected chi connectivity index (χ1v) is 4.27. The second kappa shape index (κ2) is 3.54. The van der Waals surface area contributed by atoms with Crippen LogP contribution in [0.3, 0.4) is 0 Å². The van der Waals surface area contributed by atoms with E-state index in [2.05, 4.69) is 15.2 Å². The molecule has 4 N–H and O–H groups in total. The Labute approximate surface area is 83.6 Å². The third-order valence-corrected chi connectivity index (χ3v) is 1.96. The SMILES string of the molecule is NCc1ccc(-n2c(=O)[nH][nH]c2=O)nc1. The Morgan fingerprint density at radius 3 is 2.40 bits per heavy atom. The van der Waals surface area contributed by atoms with Crippen molar-refractivity contribution >= 4 is 0 Å². The van der Waals surface area contributed by atoms with Crippen molar-refractivity contribution in [3.8, 4) is 5.82 Å². The Balaban J connectivity index is 2.55. The Morgan fingerprint density at radius 1 is 1.27 bits per heavy atom. The van der Waals surface area contributed by atoms with Gasteiger partial charge in [-0.1, -0.05) is 6.07 Å². The zero-order chi connectivity index (χ0) is 10.8. The van der Waals surface area contributed by atoms with Crippen molar-refractivity contribution in [1.29, 1.82) is 0 Å². The van der Waals surface area contributed by atoms with Gasteiger partial charge in [0.1, 0.15) is 5.82 Å². The summed E-state index contributed by atoms with van der Waals surface area (Å²) in [6.07, 6.45) is 1.52. The summed E-state index contributed by atoms with van der Waals surface area (Å²) in [4.78, 5) is 26.4. The Morgan fingerprint density at radius 2 is 1.93 bits per heavy atom. The molecule has 0 amide bonds. The molecule has 0 saturated carbocycles. The molecule has 7 nitrogen and oxygen atoms in total. The number of rotatable bonds is 2. The number of nitrogens with one attached hydrogen (secondary N) is 2. The van der Waals surface area contributed by atoms with E-state index in [1.165, 1.54) is 6.20 Å². The van der Waals surface area contributed by atoms with Crippen LogP contribution in [0.4, 0.5) is 0 Å². The lowest BCUT2D eigenvalue weighted by Crippen LogP contribution is -2.25.